The fourth-order valence-corrected chi connectivity index (χ4v) is 3.20. The van der Waals surface area contributed by atoms with Gasteiger partial charge in [0.25, 0.3) is 0 Å². The number of benzene rings is 1. The van der Waals surface area contributed by atoms with Crippen LogP contribution in [0.2, 0.25) is 0 Å². The first-order valence-electron chi connectivity index (χ1n) is 6.70. The molecular weight excluding hydrogens is 274 g/mol. The minimum atomic E-state index is 0.280. The van der Waals surface area contributed by atoms with Gasteiger partial charge >= 0.3 is 0 Å². The quantitative estimate of drug-likeness (QED) is 0.827. The van der Waals surface area contributed by atoms with E-state index in [1.165, 1.54) is 35.7 Å². The number of hydrogen-bond acceptors (Lipinski definition) is 1. The van der Waals surface area contributed by atoms with Crippen molar-refractivity contribution in [1.29, 1.82) is 0 Å². The third-order valence-corrected chi connectivity index (χ3v) is 4.80. The van der Waals surface area contributed by atoms with Crippen LogP contribution in [0.25, 0.3) is 0 Å². The van der Waals surface area contributed by atoms with E-state index in [-0.39, 0.29) is 5.41 Å². The summed E-state index contributed by atoms with van der Waals surface area (Å²) in [6, 6.07) is 9.46. The standard InChI is InChI=1S/C15H22BrN/c1-3-15(4-2,11-17-12-9-10-12)13-7-5-6-8-14(13)16/h5-8,12,17H,3-4,9-11H2,1-2H3. The molecule has 2 rings (SSSR count). The van der Waals surface area contributed by atoms with Gasteiger partial charge in [0, 0.05) is 22.5 Å². The van der Waals surface area contributed by atoms with Crippen LogP contribution in [-0.4, -0.2) is 12.6 Å². The molecule has 0 radical (unpaired) electrons. The topological polar surface area (TPSA) is 12.0 Å². The molecule has 1 nitrogen and oxygen atoms in total. The molecule has 0 unspecified atom stereocenters. The minimum Gasteiger partial charge on any atom is -0.313 e. The lowest BCUT2D eigenvalue weighted by Gasteiger charge is -2.33. The van der Waals surface area contributed by atoms with E-state index >= 15 is 0 Å². The molecule has 1 aromatic carbocycles. The number of halogens is 1. The molecule has 1 saturated carbocycles. The molecular formula is C15H22BrN. The summed E-state index contributed by atoms with van der Waals surface area (Å²) in [5.74, 6) is 0. The predicted molar refractivity (Wildman–Crippen MR) is 77.4 cm³/mol. The fraction of sp³-hybridized carbons (Fsp3) is 0.600. The van der Waals surface area contributed by atoms with Crippen molar-refractivity contribution in [3.05, 3.63) is 34.3 Å². The molecule has 1 aromatic rings. The molecule has 0 spiro atoms. The van der Waals surface area contributed by atoms with E-state index in [9.17, 15) is 0 Å². The van der Waals surface area contributed by atoms with E-state index in [1.807, 2.05) is 0 Å². The van der Waals surface area contributed by atoms with Crippen molar-refractivity contribution >= 4 is 15.9 Å². The SMILES string of the molecule is CCC(CC)(CNC1CC1)c1ccccc1Br. The van der Waals surface area contributed by atoms with Crippen molar-refractivity contribution in [3.63, 3.8) is 0 Å². The smallest absolute Gasteiger partial charge is 0.0213 e. The molecule has 0 saturated heterocycles. The van der Waals surface area contributed by atoms with Crippen LogP contribution in [0.1, 0.15) is 45.1 Å². The summed E-state index contributed by atoms with van der Waals surface area (Å²) >= 11 is 3.71. The maximum absolute atomic E-state index is 3.71. The largest absolute Gasteiger partial charge is 0.313 e. The highest BCUT2D eigenvalue weighted by molar-refractivity contribution is 9.10. The zero-order valence-electron chi connectivity index (χ0n) is 10.8. The van der Waals surface area contributed by atoms with Crippen molar-refractivity contribution < 1.29 is 0 Å². The van der Waals surface area contributed by atoms with Gasteiger partial charge in [-0.15, -0.1) is 0 Å². The molecule has 1 N–H and O–H groups in total. The van der Waals surface area contributed by atoms with Crippen LogP contribution < -0.4 is 5.32 Å². The van der Waals surface area contributed by atoms with Crippen LogP contribution in [-0.2, 0) is 5.41 Å². The van der Waals surface area contributed by atoms with E-state index in [0.29, 0.717) is 0 Å². The molecule has 17 heavy (non-hydrogen) atoms. The maximum Gasteiger partial charge on any atom is 0.0213 e. The molecule has 1 aliphatic carbocycles. The predicted octanol–water partition coefficient (Wildman–Crippen LogP) is 4.26. The second-order valence-electron chi connectivity index (χ2n) is 5.12. The number of nitrogens with one attached hydrogen (secondary N) is 1. The number of rotatable bonds is 6. The second-order valence-corrected chi connectivity index (χ2v) is 5.98. The van der Waals surface area contributed by atoms with Gasteiger partial charge in [0.1, 0.15) is 0 Å². The monoisotopic (exact) mass is 295 g/mol. The second kappa shape index (κ2) is 5.53. The highest BCUT2D eigenvalue weighted by atomic mass is 79.9. The van der Waals surface area contributed by atoms with Gasteiger partial charge in [-0.25, -0.2) is 0 Å². The fourth-order valence-electron chi connectivity index (χ4n) is 2.49. The molecule has 0 aromatic heterocycles. The van der Waals surface area contributed by atoms with Gasteiger partial charge < -0.3 is 5.32 Å². The molecule has 0 aliphatic heterocycles. The van der Waals surface area contributed by atoms with Crippen LogP contribution in [0, 0.1) is 0 Å². The average molecular weight is 296 g/mol. The van der Waals surface area contributed by atoms with E-state index in [2.05, 4.69) is 59.4 Å². The van der Waals surface area contributed by atoms with Crippen molar-refractivity contribution in [2.45, 2.75) is 51.0 Å². The lowest BCUT2D eigenvalue weighted by atomic mass is 9.76. The Balaban J connectivity index is 2.21. The summed E-state index contributed by atoms with van der Waals surface area (Å²) in [4.78, 5) is 0. The Hall–Kier alpha value is -0.340. The molecule has 1 aliphatic rings. The molecule has 0 atom stereocenters. The molecule has 0 bridgehead atoms. The van der Waals surface area contributed by atoms with E-state index in [4.69, 9.17) is 0 Å². The number of hydrogen-bond donors (Lipinski definition) is 1. The maximum atomic E-state index is 3.71. The first-order chi connectivity index (χ1) is 8.22. The third-order valence-electron chi connectivity index (χ3n) is 4.11. The van der Waals surface area contributed by atoms with Crippen molar-refractivity contribution in [1.82, 2.24) is 5.32 Å². The Kier molecular flexibility index (Phi) is 4.26. The van der Waals surface area contributed by atoms with Crippen LogP contribution in [0.3, 0.4) is 0 Å². The van der Waals surface area contributed by atoms with Gasteiger partial charge in [-0.2, -0.15) is 0 Å². The van der Waals surface area contributed by atoms with Gasteiger partial charge in [0.05, 0.1) is 0 Å². The summed E-state index contributed by atoms with van der Waals surface area (Å²) in [6.45, 7) is 5.71. The van der Waals surface area contributed by atoms with Crippen LogP contribution in [0.4, 0.5) is 0 Å². The van der Waals surface area contributed by atoms with Crippen LogP contribution in [0.15, 0.2) is 28.7 Å². The Morgan fingerprint density at radius 3 is 2.41 bits per heavy atom. The Morgan fingerprint density at radius 2 is 1.88 bits per heavy atom. The zero-order chi connectivity index (χ0) is 12.3. The zero-order valence-corrected chi connectivity index (χ0v) is 12.4. The molecule has 0 heterocycles. The summed E-state index contributed by atoms with van der Waals surface area (Å²) in [5.41, 5.74) is 1.74. The summed E-state index contributed by atoms with van der Waals surface area (Å²) < 4.78 is 1.25. The molecule has 0 amide bonds. The van der Waals surface area contributed by atoms with E-state index < -0.39 is 0 Å². The first-order valence-corrected chi connectivity index (χ1v) is 7.49. The molecule has 2 heteroatoms. The van der Waals surface area contributed by atoms with Gasteiger partial charge in [0.2, 0.25) is 0 Å². The lowest BCUT2D eigenvalue weighted by molar-refractivity contribution is 0.365. The molecule has 94 valence electrons. The van der Waals surface area contributed by atoms with Crippen LogP contribution in [0.5, 0.6) is 0 Å². The van der Waals surface area contributed by atoms with Gasteiger partial charge in [0.15, 0.2) is 0 Å². The summed E-state index contributed by atoms with van der Waals surface area (Å²) in [7, 11) is 0. The van der Waals surface area contributed by atoms with E-state index in [1.54, 1.807) is 0 Å². The molecule has 1 fully saturated rings. The Bertz CT molecular complexity index is 367. The first kappa shape index (κ1) is 13.1. The Labute approximate surface area is 113 Å². The van der Waals surface area contributed by atoms with E-state index in [0.717, 1.165) is 12.6 Å². The van der Waals surface area contributed by atoms with Gasteiger partial charge in [-0.3, -0.25) is 0 Å². The summed E-state index contributed by atoms with van der Waals surface area (Å²) in [6.07, 6.45) is 5.09. The van der Waals surface area contributed by atoms with Crippen LogP contribution >= 0.6 is 15.9 Å². The van der Waals surface area contributed by atoms with Crippen molar-refractivity contribution in [2.75, 3.05) is 6.54 Å². The normalized spacial score (nSPS) is 16.2. The van der Waals surface area contributed by atoms with Crippen molar-refractivity contribution in [2.24, 2.45) is 0 Å². The highest BCUT2D eigenvalue weighted by Crippen LogP contribution is 2.36. The highest BCUT2D eigenvalue weighted by Gasteiger charge is 2.32. The summed E-state index contributed by atoms with van der Waals surface area (Å²) in [5, 5.41) is 3.70. The average Bonchev–Trinajstić information content (AvgIpc) is 3.17. The van der Waals surface area contributed by atoms with Crippen molar-refractivity contribution in [3.8, 4) is 0 Å². The van der Waals surface area contributed by atoms with Gasteiger partial charge in [-0.05, 0) is 37.3 Å². The minimum absolute atomic E-state index is 0.280. The third kappa shape index (κ3) is 2.92. The van der Waals surface area contributed by atoms with Gasteiger partial charge in [-0.1, -0.05) is 48.0 Å². The Morgan fingerprint density at radius 1 is 1.24 bits per heavy atom. The lowest BCUT2D eigenvalue weighted by Crippen LogP contribution is -2.38.